The molecule has 7 nitrogen and oxygen atoms in total. The molecule has 12 heteroatoms. The van der Waals surface area contributed by atoms with E-state index < -0.39 is 40.6 Å². The molecule has 1 atom stereocenters. The van der Waals surface area contributed by atoms with Crippen molar-refractivity contribution in [3.05, 3.63) is 29.3 Å². The van der Waals surface area contributed by atoms with E-state index in [1.54, 1.807) is 12.2 Å². The molecule has 0 aliphatic rings. The average Bonchev–Trinajstić information content (AvgIpc) is 2.64. The standard InChI is InChI=1S/C17H24F3N3O4S2/c1-4-29(26,27)23-13(7-8-28-3)16(25)22-14-9-12(6-5-11(14)2)15(24)21-10-17(18,19)20/h5-6,9,13,23H,4,7-8,10H2,1-3H3,(H,21,24)(H,22,25). The van der Waals surface area contributed by atoms with Gasteiger partial charge in [0, 0.05) is 11.3 Å². The number of alkyl halides is 3. The Kier molecular flexibility index (Phi) is 9.43. The largest absolute Gasteiger partial charge is 0.405 e. The van der Waals surface area contributed by atoms with Crippen LogP contribution in [-0.4, -0.2) is 56.8 Å². The number of thioether (sulfide) groups is 1. The molecule has 0 saturated heterocycles. The predicted octanol–water partition coefficient (Wildman–Crippen LogP) is 2.29. The van der Waals surface area contributed by atoms with Gasteiger partial charge in [0.2, 0.25) is 15.9 Å². The van der Waals surface area contributed by atoms with Crippen LogP contribution in [0.1, 0.15) is 29.3 Å². The van der Waals surface area contributed by atoms with Gasteiger partial charge in [-0.1, -0.05) is 6.07 Å². The molecular formula is C17H24F3N3O4S2. The van der Waals surface area contributed by atoms with Gasteiger partial charge in [0.25, 0.3) is 5.91 Å². The second-order valence-electron chi connectivity index (χ2n) is 6.17. The van der Waals surface area contributed by atoms with E-state index in [0.717, 1.165) is 0 Å². The number of aryl methyl sites for hydroxylation is 1. The van der Waals surface area contributed by atoms with E-state index in [9.17, 15) is 31.2 Å². The molecule has 2 amide bonds. The van der Waals surface area contributed by atoms with Gasteiger partial charge in [-0.3, -0.25) is 9.59 Å². The number of sulfonamides is 1. The number of rotatable bonds is 10. The number of hydrogen-bond donors (Lipinski definition) is 3. The minimum atomic E-state index is -4.54. The van der Waals surface area contributed by atoms with Gasteiger partial charge < -0.3 is 10.6 Å². The van der Waals surface area contributed by atoms with E-state index in [2.05, 4.69) is 10.0 Å². The molecule has 0 spiro atoms. The van der Waals surface area contributed by atoms with Gasteiger partial charge in [0.1, 0.15) is 12.6 Å². The Morgan fingerprint density at radius 3 is 2.45 bits per heavy atom. The highest BCUT2D eigenvalue weighted by molar-refractivity contribution is 7.98. The summed E-state index contributed by atoms with van der Waals surface area (Å²) >= 11 is 1.44. The fraction of sp³-hybridized carbons (Fsp3) is 0.529. The van der Waals surface area contributed by atoms with E-state index in [0.29, 0.717) is 11.3 Å². The van der Waals surface area contributed by atoms with Crippen molar-refractivity contribution in [1.29, 1.82) is 0 Å². The third-order valence-electron chi connectivity index (χ3n) is 3.84. The summed E-state index contributed by atoms with van der Waals surface area (Å²) in [5.74, 6) is -1.22. The van der Waals surface area contributed by atoms with Gasteiger partial charge in [-0.15, -0.1) is 0 Å². The molecule has 1 aromatic rings. The van der Waals surface area contributed by atoms with Crippen LogP contribution in [0.3, 0.4) is 0 Å². The van der Waals surface area contributed by atoms with Crippen molar-refractivity contribution in [2.75, 3.05) is 29.6 Å². The lowest BCUT2D eigenvalue weighted by Crippen LogP contribution is -2.44. The molecule has 0 aliphatic carbocycles. The monoisotopic (exact) mass is 455 g/mol. The summed E-state index contributed by atoms with van der Waals surface area (Å²) in [4.78, 5) is 24.5. The van der Waals surface area contributed by atoms with Crippen LogP contribution in [0, 0.1) is 6.92 Å². The number of carbonyl (C=O) groups excluding carboxylic acids is 2. The van der Waals surface area contributed by atoms with E-state index >= 15 is 0 Å². The van der Waals surface area contributed by atoms with E-state index in [1.807, 2.05) is 6.26 Å². The minimum absolute atomic E-state index is 0.0649. The Bertz CT molecular complexity index is 830. The zero-order chi connectivity index (χ0) is 22.2. The molecule has 29 heavy (non-hydrogen) atoms. The van der Waals surface area contributed by atoms with Crippen molar-refractivity contribution in [3.63, 3.8) is 0 Å². The topological polar surface area (TPSA) is 104 Å². The lowest BCUT2D eigenvalue weighted by atomic mass is 10.1. The molecule has 164 valence electrons. The van der Waals surface area contributed by atoms with Crippen LogP contribution in [0.25, 0.3) is 0 Å². The summed E-state index contributed by atoms with van der Waals surface area (Å²) in [5, 5.41) is 4.31. The van der Waals surface area contributed by atoms with Crippen LogP contribution in [0.15, 0.2) is 18.2 Å². The van der Waals surface area contributed by atoms with Gasteiger partial charge in [0.15, 0.2) is 0 Å². The van der Waals surface area contributed by atoms with Crippen molar-refractivity contribution < 1.29 is 31.2 Å². The molecule has 1 unspecified atom stereocenters. The molecule has 0 bridgehead atoms. The zero-order valence-electron chi connectivity index (χ0n) is 16.2. The van der Waals surface area contributed by atoms with Gasteiger partial charge in [0.05, 0.1) is 5.75 Å². The Hall–Kier alpha value is -1.79. The van der Waals surface area contributed by atoms with Crippen molar-refractivity contribution in [2.45, 2.75) is 32.5 Å². The minimum Gasteiger partial charge on any atom is -0.343 e. The highest BCUT2D eigenvalue weighted by atomic mass is 32.2. The SMILES string of the molecule is CCS(=O)(=O)NC(CCSC)C(=O)Nc1cc(C(=O)NCC(F)(F)F)ccc1C. The first-order chi connectivity index (χ1) is 13.4. The fourth-order valence-corrected chi connectivity index (χ4v) is 3.48. The van der Waals surface area contributed by atoms with Crippen LogP contribution in [0.4, 0.5) is 18.9 Å². The Morgan fingerprint density at radius 1 is 1.24 bits per heavy atom. The van der Waals surface area contributed by atoms with Crippen LogP contribution in [0.2, 0.25) is 0 Å². The van der Waals surface area contributed by atoms with Gasteiger partial charge in [-0.05, 0) is 50.0 Å². The first-order valence-electron chi connectivity index (χ1n) is 8.64. The molecular weight excluding hydrogens is 431 g/mol. The van der Waals surface area contributed by atoms with Crippen molar-refractivity contribution in [3.8, 4) is 0 Å². The highest BCUT2D eigenvalue weighted by Gasteiger charge is 2.28. The van der Waals surface area contributed by atoms with Crippen molar-refractivity contribution >= 4 is 39.3 Å². The predicted molar refractivity (Wildman–Crippen MR) is 108 cm³/mol. The normalized spacial score (nSPS) is 13.0. The highest BCUT2D eigenvalue weighted by Crippen LogP contribution is 2.19. The van der Waals surface area contributed by atoms with Crippen molar-refractivity contribution in [1.82, 2.24) is 10.0 Å². The first kappa shape index (κ1) is 25.2. The number of carbonyl (C=O) groups is 2. The number of amides is 2. The van der Waals surface area contributed by atoms with Crippen LogP contribution in [-0.2, 0) is 14.8 Å². The summed E-state index contributed by atoms with van der Waals surface area (Å²) in [6, 6.07) is 3.04. The van der Waals surface area contributed by atoms with E-state index in [1.165, 1.54) is 36.9 Å². The van der Waals surface area contributed by atoms with Crippen molar-refractivity contribution in [2.24, 2.45) is 0 Å². The Morgan fingerprint density at radius 2 is 1.90 bits per heavy atom. The lowest BCUT2D eigenvalue weighted by Gasteiger charge is -2.19. The average molecular weight is 456 g/mol. The molecule has 1 rings (SSSR count). The van der Waals surface area contributed by atoms with E-state index in [-0.39, 0.29) is 23.4 Å². The number of hydrogen-bond acceptors (Lipinski definition) is 5. The molecule has 0 saturated carbocycles. The zero-order valence-corrected chi connectivity index (χ0v) is 17.9. The molecule has 0 radical (unpaired) electrons. The Balaban J connectivity index is 2.98. The lowest BCUT2D eigenvalue weighted by molar-refractivity contribution is -0.123. The van der Waals surface area contributed by atoms with Crippen LogP contribution in [0.5, 0.6) is 0 Å². The summed E-state index contributed by atoms with van der Waals surface area (Å²) in [5.41, 5.74) is 0.706. The molecule has 3 N–H and O–H groups in total. The third-order valence-corrected chi connectivity index (χ3v) is 5.88. The van der Waals surface area contributed by atoms with Gasteiger partial charge in [-0.2, -0.15) is 24.9 Å². The molecule has 0 aliphatic heterocycles. The summed E-state index contributed by atoms with van der Waals surface area (Å²) in [7, 11) is -3.63. The summed E-state index contributed by atoms with van der Waals surface area (Å²) in [6.45, 7) is 1.61. The van der Waals surface area contributed by atoms with Gasteiger partial charge in [-0.25, -0.2) is 13.1 Å². The quantitative estimate of drug-likeness (QED) is 0.502. The third kappa shape index (κ3) is 9.05. The maximum Gasteiger partial charge on any atom is 0.405 e. The molecule has 0 heterocycles. The number of benzene rings is 1. The van der Waals surface area contributed by atoms with Crippen LogP contribution < -0.4 is 15.4 Å². The fourth-order valence-electron chi connectivity index (χ4n) is 2.18. The molecule has 0 fully saturated rings. The van der Waals surface area contributed by atoms with Gasteiger partial charge >= 0.3 is 6.18 Å². The molecule has 1 aromatic carbocycles. The second-order valence-corrected chi connectivity index (χ2v) is 9.20. The van der Waals surface area contributed by atoms with Crippen LogP contribution >= 0.6 is 11.8 Å². The smallest absolute Gasteiger partial charge is 0.343 e. The number of nitrogens with one attached hydrogen (secondary N) is 3. The maximum absolute atomic E-state index is 12.6. The van der Waals surface area contributed by atoms with E-state index in [4.69, 9.17) is 0 Å². The summed E-state index contributed by atoms with van der Waals surface area (Å²) in [6.07, 6.45) is -2.48. The Labute approximate surface area is 172 Å². The summed E-state index contributed by atoms with van der Waals surface area (Å²) < 4.78 is 62.9. The maximum atomic E-state index is 12.6. The second kappa shape index (κ2) is 10.8. The number of anilines is 1. The number of halogens is 3. The first-order valence-corrected chi connectivity index (χ1v) is 11.7. The molecule has 0 aromatic heterocycles.